The molecule has 1 aromatic carbocycles. The van der Waals surface area contributed by atoms with Crippen LogP contribution in [0.25, 0.3) is 0 Å². The maximum atomic E-state index is 11.0. The lowest BCUT2D eigenvalue weighted by Gasteiger charge is -2.06. The minimum Gasteiger partial charge on any atom is -0.469 e. The molecule has 2 N–H and O–H groups in total. The summed E-state index contributed by atoms with van der Waals surface area (Å²) in [5.74, 6) is -0.343. The van der Waals surface area contributed by atoms with Crippen LogP contribution < -0.4 is 5.73 Å². The molecule has 0 saturated carbocycles. The number of carbonyl (C=O) groups excluding carboxylic acids is 1. The summed E-state index contributed by atoms with van der Waals surface area (Å²) in [5.41, 5.74) is 6.82. The Kier molecular flexibility index (Phi) is 3.77. The monoisotopic (exact) mass is 277 g/mol. The molecule has 0 aromatic heterocycles. The number of hydrogen-bond donors (Lipinski definition) is 1. The number of ether oxygens (including phenoxy) is 1. The van der Waals surface area contributed by atoms with E-state index in [2.05, 4.69) is 20.7 Å². The third kappa shape index (κ3) is 2.62. The third-order valence-electron chi connectivity index (χ3n) is 1.69. The molecule has 0 amide bonds. The van der Waals surface area contributed by atoms with Crippen LogP contribution in [0, 0.1) is 0 Å². The lowest BCUT2D eigenvalue weighted by molar-refractivity contribution is -0.139. The predicted octanol–water partition coefficient (Wildman–Crippen LogP) is 2.40. The summed E-state index contributed by atoms with van der Waals surface area (Å²) in [6.07, 6.45) is 0.124. The van der Waals surface area contributed by atoms with Gasteiger partial charge in [0.15, 0.2) is 0 Å². The summed E-state index contributed by atoms with van der Waals surface area (Å²) in [4.78, 5) is 11.0. The Hall–Kier alpha value is -0.740. The Morgan fingerprint density at radius 2 is 2.29 bits per heavy atom. The maximum absolute atomic E-state index is 11.0. The van der Waals surface area contributed by atoms with Crippen LogP contribution in [0.3, 0.4) is 0 Å². The van der Waals surface area contributed by atoms with Crippen LogP contribution in [-0.2, 0) is 16.0 Å². The number of carbonyl (C=O) groups is 1. The smallest absolute Gasteiger partial charge is 0.310 e. The Balaban J connectivity index is 3.02. The summed E-state index contributed by atoms with van der Waals surface area (Å²) in [6.45, 7) is 0. The van der Waals surface area contributed by atoms with Crippen molar-refractivity contribution in [1.82, 2.24) is 0 Å². The van der Waals surface area contributed by atoms with E-state index in [1.807, 2.05) is 0 Å². The molecule has 0 fully saturated rings. The fourth-order valence-corrected chi connectivity index (χ4v) is 1.72. The minimum atomic E-state index is -0.343. The molecule has 0 saturated heterocycles. The van der Waals surface area contributed by atoms with Crippen molar-refractivity contribution in [2.75, 3.05) is 12.8 Å². The molecular formula is C9H9BrClNO2. The van der Waals surface area contributed by atoms with E-state index in [1.54, 1.807) is 12.1 Å². The quantitative estimate of drug-likeness (QED) is 0.667. The Bertz CT molecular complexity index is 368. The zero-order chi connectivity index (χ0) is 10.7. The molecule has 14 heavy (non-hydrogen) atoms. The first kappa shape index (κ1) is 11.3. The normalized spacial score (nSPS) is 9.93. The van der Waals surface area contributed by atoms with Gasteiger partial charge in [0.2, 0.25) is 0 Å². The van der Waals surface area contributed by atoms with Crippen molar-refractivity contribution in [2.24, 2.45) is 0 Å². The van der Waals surface area contributed by atoms with Gasteiger partial charge in [-0.05, 0) is 33.6 Å². The number of esters is 1. The van der Waals surface area contributed by atoms with Gasteiger partial charge in [0, 0.05) is 10.2 Å². The molecule has 0 aliphatic carbocycles. The van der Waals surface area contributed by atoms with E-state index >= 15 is 0 Å². The molecule has 1 rings (SSSR count). The van der Waals surface area contributed by atoms with Crippen LogP contribution >= 0.6 is 27.5 Å². The minimum absolute atomic E-state index is 0.124. The van der Waals surface area contributed by atoms with Crippen molar-refractivity contribution in [2.45, 2.75) is 6.42 Å². The molecule has 0 aliphatic heterocycles. The molecule has 76 valence electrons. The average molecular weight is 279 g/mol. The van der Waals surface area contributed by atoms with Crippen LogP contribution in [0.4, 0.5) is 5.69 Å². The molecular weight excluding hydrogens is 269 g/mol. The van der Waals surface area contributed by atoms with Gasteiger partial charge >= 0.3 is 5.97 Å². The van der Waals surface area contributed by atoms with Crippen LogP contribution in [0.1, 0.15) is 5.56 Å². The van der Waals surface area contributed by atoms with Gasteiger partial charge in [-0.25, -0.2) is 0 Å². The molecule has 0 unspecified atom stereocenters. The Morgan fingerprint density at radius 3 is 2.86 bits per heavy atom. The molecule has 3 nitrogen and oxygen atoms in total. The number of rotatable bonds is 2. The van der Waals surface area contributed by atoms with Crippen molar-refractivity contribution in [1.29, 1.82) is 0 Å². The number of nitrogens with two attached hydrogens (primary N) is 1. The van der Waals surface area contributed by atoms with Gasteiger partial charge in [-0.1, -0.05) is 11.6 Å². The largest absolute Gasteiger partial charge is 0.469 e. The van der Waals surface area contributed by atoms with Gasteiger partial charge in [0.1, 0.15) is 0 Å². The molecule has 0 atom stereocenters. The van der Waals surface area contributed by atoms with Gasteiger partial charge < -0.3 is 10.5 Å². The summed E-state index contributed by atoms with van der Waals surface area (Å²) in [7, 11) is 1.33. The van der Waals surface area contributed by atoms with Crippen molar-refractivity contribution in [3.63, 3.8) is 0 Å². The van der Waals surface area contributed by atoms with Crippen molar-refractivity contribution in [3.05, 3.63) is 27.2 Å². The number of halogens is 2. The average Bonchev–Trinajstić information content (AvgIpc) is 2.13. The molecule has 0 heterocycles. The van der Waals surface area contributed by atoms with E-state index in [9.17, 15) is 4.79 Å². The topological polar surface area (TPSA) is 52.3 Å². The van der Waals surface area contributed by atoms with E-state index in [0.717, 1.165) is 0 Å². The predicted molar refractivity (Wildman–Crippen MR) is 59.3 cm³/mol. The zero-order valence-corrected chi connectivity index (χ0v) is 9.85. The van der Waals surface area contributed by atoms with E-state index in [0.29, 0.717) is 20.7 Å². The number of anilines is 1. The van der Waals surface area contributed by atoms with Gasteiger partial charge in [-0.2, -0.15) is 0 Å². The van der Waals surface area contributed by atoms with E-state index in [4.69, 9.17) is 17.3 Å². The molecule has 0 radical (unpaired) electrons. The maximum Gasteiger partial charge on any atom is 0.310 e. The Labute approximate surface area is 95.3 Å². The van der Waals surface area contributed by atoms with Crippen LogP contribution in [0.5, 0.6) is 0 Å². The highest BCUT2D eigenvalue weighted by molar-refractivity contribution is 9.10. The standard InChI is InChI=1S/C9H9BrClNO2/c1-14-8(13)3-5-2-6(12)4-7(10)9(5)11/h2,4H,3,12H2,1H3. The molecule has 1 aromatic rings. The van der Waals surface area contributed by atoms with Crippen LogP contribution in [0.2, 0.25) is 5.02 Å². The van der Waals surface area contributed by atoms with Gasteiger partial charge in [0.05, 0.1) is 18.6 Å². The number of methoxy groups -OCH3 is 1. The summed E-state index contributed by atoms with van der Waals surface area (Å²) < 4.78 is 5.21. The molecule has 5 heteroatoms. The third-order valence-corrected chi connectivity index (χ3v) is 2.99. The second kappa shape index (κ2) is 4.66. The Morgan fingerprint density at radius 1 is 1.64 bits per heavy atom. The fourth-order valence-electron chi connectivity index (χ4n) is 1.03. The second-order valence-corrected chi connectivity index (χ2v) is 3.96. The van der Waals surface area contributed by atoms with Crippen LogP contribution in [0.15, 0.2) is 16.6 Å². The first-order chi connectivity index (χ1) is 6.54. The highest BCUT2D eigenvalue weighted by atomic mass is 79.9. The molecule has 0 bridgehead atoms. The van der Waals surface area contributed by atoms with E-state index in [1.165, 1.54) is 7.11 Å². The lowest BCUT2D eigenvalue weighted by Crippen LogP contribution is -2.05. The van der Waals surface area contributed by atoms with E-state index < -0.39 is 0 Å². The van der Waals surface area contributed by atoms with E-state index in [-0.39, 0.29) is 12.4 Å². The fraction of sp³-hybridized carbons (Fsp3) is 0.222. The zero-order valence-electron chi connectivity index (χ0n) is 7.51. The summed E-state index contributed by atoms with van der Waals surface area (Å²) in [6, 6.07) is 3.34. The molecule has 0 aliphatic rings. The van der Waals surface area contributed by atoms with Crippen molar-refractivity contribution in [3.8, 4) is 0 Å². The highest BCUT2D eigenvalue weighted by Crippen LogP contribution is 2.29. The first-order valence-corrected chi connectivity index (χ1v) is 5.02. The van der Waals surface area contributed by atoms with Crippen molar-refractivity contribution < 1.29 is 9.53 Å². The SMILES string of the molecule is COC(=O)Cc1cc(N)cc(Br)c1Cl. The lowest BCUT2D eigenvalue weighted by atomic mass is 10.1. The molecule has 0 spiro atoms. The first-order valence-electron chi connectivity index (χ1n) is 3.84. The number of benzene rings is 1. The van der Waals surface area contributed by atoms with Gasteiger partial charge in [-0.15, -0.1) is 0 Å². The summed E-state index contributed by atoms with van der Waals surface area (Å²) in [5, 5.41) is 0.490. The second-order valence-electron chi connectivity index (χ2n) is 2.73. The van der Waals surface area contributed by atoms with Gasteiger partial charge in [0.25, 0.3) is 0 Å². The van der Waals surface area contributed by atoms with Gasteiger partial charge in [-0.3, -0.25) is 4.79 Å². The van der Waals surface area contributed by atoms with Crippen LogP contribution in [-0.4, -0.2) is 13.1 Å². The number of nitrogen functional groups attached to an aromatic ring is 1. The van der Waals surface area contributed by atoms with Crippen molar-refractivity contribution >= 4 is 39.2 Å². The highest BCUT2D eigenvalue weighted by Gasteiger charge is 2.10. The number of hydrogen-bond acceptors (Lipinski definition) is 3. The summed E-state index contributed by atoms with van der Waals surface area (Å²) >= 11 is 9.20.